The first-order valence-electron chi connectivity index (χ1n) is 5.67. The molecule has 0 radical (unpaired) electrons. The van der Waals surface area contributed by atoms with Crippen molar-refractivity contribution in [2.24, 2.45) is 0 Å². The number of aliphatic hydroxyl groups is 1. The third-order valence-corrected chi connectivity index (χ3v) is 2.16. The molecule has 0 amide bonds. The Labute approximate surface area is 107 Å². The Morgan fingerprint density at radius 1 is 1.39 bits per heavy atom. The fourth-order valence-corrected chi connectivity index (χ4v) is 1.17. The number of esters is 1. The molecular weight excluding hydrogens is 232 g/mol. The third kappa shape index (κ3) is 5.01. The highest BCUT2D eigenvalue weighted by atomic mass is 16.6. The highest BCUT2D eigenvalue weighted by molar-refractivity contribution is 5.74. The van der Waals surface area contributed by atoms with Crippen molar-refractivity contribution in [3.63, 3.8) is 0 Å². The quantitative estimate of drug-likeness (QED) is 0.618. The number of aliphatic hydroxyl groups excluding tert-OH is 1. The second-order valence-electron chi connectivity index (χ2n) is 4.20. The molecule has 0 aromatic heterocycles. The molecule has 1 unspecified atom stereocenters. The van der Waals surface area contributed by atoms with Crippen LogP contribution in [0, 0.1) is 6.92 Å². The van der Waals surface area contributed by atoms with Gasteiger partial charge >= 0.3 is 5.97 Å². The SMILES string of the molecule is C=C(C)COC(=O)C(O)COc1ccc(C)cc1. The average Bonchev–Trinajstić information content (AvgIpc) is 2.34. The van der Waals surface area contributed by atoms with Crippen LogP contribution in [0.4, 0.5) is 0 Å². The molecule has 1 atom stereocenters. The van der Waals surface area contributed by atoms with Crippen molar-refractivity contribution in [1.82, 2.24) is 0 Å². The highest BCUT2D eigenvalue weighted by Gasteiger charge is 2.17. The van der Waals surface area contributed by atoms with Gasteiger partial charge in [-0.2, -0.15) is 0 Å². The maximum Gasteiger partial charge on any atom is 0.338 e. The van der Waals surface area contributed by atoms with E-state index in [9.17, 15) is 9.90 Å². The van der Waals surface area contributed by atoms with E-state index in [-0.39, 0.29) is 13.2 Å². The zero-order chi connectivity index (χ0) is 13.5. The van der Waals surface area contributed by atoms with E-state index in [4.69, 9.17) is 9.47 Å². The third-order valence-electron chi connectivity index (χ3n) is 2.16. The molecule has 0 saturated heterocycles. The lowest BCUT2D eigenvalue weighted by Crippen LogP contribution is -2.29. The van der Waals surface area contributed by atoms with E-state index >= 15 is 0 Å². The van der Waals surface area contributed by atoms with Crippen LogP contribution in [0.25, 0.3) is 0 Å². The van der Waals surface area contributed by atoms with Gasteiger partial charge in [0.2, 0.25) is 0 Å². The molecule has 0 fully saturated rings. The second-order valence-corrected chi connectivity index (χ2v) is 4.20. The number of hydrogen-bond acceptors (Lipinski definition) is 4. The van der Waals surface area contributed by atoms with Crippen LogP contribution in [-0.2, 0) is 9.53 Å². The second kappa shape index (κ2) is 6.81. The number of ether oxygens (including phenoxy) is 2. The van der Waals surface area contributed by atoms with Crippen molar-refractivity contribution in [2.45, 2.75) is 20.0 Å². The standard InChI is InChI=1S/C14H18O4/c1-10(2)8-18-14(16)13(15)9-17-12-6-4-11(3)5-7-12/h4-7,13,15H,1,8-9H2,2-3H3. The molecule has 0 heterocycles. The summed E-state index contributed by atoms with van der Waals surface area (Å²) in [7, 11) is 0. The number of benzene rings is 1. The van der Waals surface area contributed by atoms with E-state index in [1.54, 1.807) is 19.1 Å². The van der Waals surface area contributed by atoms with Gasteiger partial charge in [-0.15, -0.1) is 0 Å². The number of aryl methyl sites for hydroxylation is 1. The number of rotatable bonds is 6. The lowest BCUT2D eigenvalue weighted by atomic mass is 10.2. The smallest absolute Gasteiger partial charge is 0.338 e. The molecule has 0 saturated carbocycles. The Morgan fingerprint density at radius 3 is 2.56 bits per heavy atom. The molecule has 0 aliphatic rings. The molecule has 0 bridgehead atoms. The maximum absolute atomic E-state index is 11.3. The van der Waals surface area contributed by atoms with Crippen LogP contribution in [0.2, 0.25) is 0 Å². The van der Waals surface area contributed by atoms with Crippen LogP contribution in [-0.4, -0.2) is 30.4 Å². The van der Waals surface area contributed by atoms with E-state index < -0.39 is 12.1 Å². The largest absolute Gasteiger partial charge is 0.490 e. The normalized spacial score (nSPS) is 11.7. The monoisotopic (exact) mass is 250 g/mol. The lowest BCUT2D eigenvalue weighted by Gasteiger charge is -2.12. The Morgan fingerprint density at radius 2 is 2.00 bits per heavy atom. The maximum atomic E-state index is 11.3. The first kappa shape index (κ1) is 14.3. The molecule has 4 heteroatoms. The van der Waals surface area contributed by atoms with Gasteiger partial charge in [0.25, 0.3) is 0 Å². The number of hydrogen-bond donors (Lipinski definition) is 1. The van der Waals surface area contributed by atoms with Crippen LogP contribution >= 0.6 is 0 Å². The molecule has 18 heavy (non-hydrogen) atoms. The molecule has 1 aromatic rings. The Balaban J connectivity index is 2.36. The van der Waals surface area contributed by atoms with Gasteiger partial charge in [-0.25, -0.2) is 4.79 Å². The van der Waals surface area contributed by atoms with E-state index in [1.807, 2.05) is 19.1 Å². The molecule has 0 aliphatic heterocycles. The average molecular weight is 250 g/mol. The summed E-state index contributed by atoms with van der Waals surface area (Å²) >= 11 is 0. The summed E-state index contributed by atoms with van der Waals surface area (Å²) in [6.45, 7) is 7.29. The fraction of sp³-hybridized carbons (Fsp3) is 0.357. The minimum atomic E-state index is -1.29. The molecule has 0 spiro atoms. The minimum absolute atomic E-state index is 0.112. The van der Waals surface area contributed by atoms with Crippen molar-refractivity contribution in [3.05, 3.63) is 42.0 Å². The topological polar surface area (TPSA) is 55.8 Å². The van der Waals surface area contributed by atoms with Gasteiger partial charge in [-0.3, -0.25) is 0 Å². The molecule has 1 rings (SSSR count). The molecule has 98 valence electrons. The Kier molecular flexibility index (Phi) is 5.39. The summed E-state index contributed by atoms with van der Waals surface area (Å²) in [5.74, 6) is -0.0996. The van der Waals surface area contributed by atoms with Gasteiger partial charge in [0.1, 0.15) is 19.0 Å². The van der Waals surface area contributed by atoms with Crippen LogP contribution in [0.5, 0.6) is 5.75 Å². The number of carbonyl (C=O) groups is 1. The predicted molar refractivity (Wildman–Crippen MR) is 68.5 cm³/mol. The predicted octanol–water partition coefficient (Wildman–Crippen LogP) is 1.85. The summed E-state index contributed by atoms with van der Waals surface area (Å²) in [5, 5.41) is 9.52. The van der Waals surface area contributed by atoms with Crippen molar-refractivity contribution in [2.75, 3.05) is 13.2 Å². The lowest BCUT2D eigenvalue weighted by molar-refractivity contribution is -0.154. The van der Waals surface area contributed by atoms with Crippen molar-refractivity contribution < 1.29 is 19.4 Å². The van der Waals surface area contributed by atoms with Crippen molar-refractivity contribution >= 4 is 5.97 Å². The zero-order valence-electron chi connectivity index (χ0n) is 10.7. The van der Waals surface area contributed by atoms with Gasteiger partial charge in [0.15, 0.2) is 6.10 Å². The van der Waals surface area contributed by atoms with E-state index in [1.165, 1.54) is 0 Å². The van der Waals surface area contributed by atoms with Gasteiger partial charge in [0, 0.05) is 0 Å². The summed E-state index contributed by atoms with van der Waals surface area (Å²) < 4.78 is 10.1. The molecule has 1 aromatic carbocycles. The molecule has 1 N–H and O–H groups in total. The molecular formula is C14H18O4. The van der Waals surface area contributed by atoms with Crippen molar-refractivity contribution in [3.8, 4) is 5.75 Å². The van der Waals surface area contributed by atoms with Crippen LogP contribution < -0.4 is 4.74 Å². The number of carbonyl (C=O) groups excluding carboxylic acids is 1. The van der Waals surface area contributed by atoms with Crippen LogP contribution in [0.3, 0.4) is 0 Å². The highest BCUT2D eigenvalue weighted by Crippen LogP contribution is 2.11. The van der Waals surface area contributed by atoms with Gasteiger partial charge in [-0.1, -0.05) is 24.3 Å². The van der Waals surface area contributed by atoms with Gasteiger partial charge in [-0.05, 0) is 31.6 Å². The molecule has 4 nitrogen and oxygen atoms in total. The van der Waals surface area contributed by atoms with E-state index in [2.05, 4.69) is 6.58 Å². The summed E-state index contributed by atoms with van der Waals surface area (Å²) in [4.78, 5) is 11.3. The minimum Gasteiger partial charge on any atom is -0.490 e. The van der Waals surface area contributed by atoms with Gasteiger partial charge < -0.3 is 14.6 Å². The van der Waals surface area contributed by atoms with Crippen LogP contribution in [0.15, 0.2) is 36.4 Å². The first-order chi connectivity index (χ1) is 8.49. The fourth-order valence-electron chi connectivity index (χ4n) is 1.17. The Bertz CT molecular complexity index is 408. The first-order valence-corrected chi connectivity index (χ1v) is 5.67. The summed E-state index contributed by atoms with van der Waals surface area (Å²) in [6.07, 6.45) is -1.29. The van der Waals surface area contributed by atoms with Crippen LogP contribution in [0.1, 0.15) is 12.5 Å². The summed E-state index contributed by atoms with van der Waals surface area (Å²) in [6, 6.07) is 7.34. The van der Waals surface area contributed by atoms with E-state index in [0.29, 0.717) is 5.75 Å². The van der Waals surface area contributed by atoms with Crippen molar-refractivity contribution in [1.29, 1.82) is 0 Å². The van der Waals surface area contributed by atoms with Gasteiger partial charge in [0.05, 0.1) is 0 Å². The zero-order valence-corrected chi connectivity index (χ0v) is 10.7. The Hall–Kier alpha value is -1.81. The van der Waals surface area contributed by atoms with E-state index in [0.717, 1.165) is 11.1 Å². The summed E-state index contributed by atoms with van der Waals surface area (Å²) in [5.41, 5.74) is 1.83. The molecule has 0 aliphatic carbocycles.